The zero-order chi connectivity index (χ0) is 39.2. The van der Waals surface area contributed by atoms with Gasteiger partial charge in [0.15, 0.2) is 0 Å². The number of nitro groups is 1. The Balaban J connectivity index is 1.62. The minimum absolute atomic E-state index is 0.0398. The molecule has 17 heteroatoms. The second kappa shape index (κ2) is 17.4. The van der Waals surface area contributed by atoms with Crippen molar-refractivity contribution in [1.29, 1.82) is 0 Å². The van der Waals surface area contributed by atoms with Gasteiger partial charge in [0.1, 0.15) is 18.3 Å². The van der Waals surface area contributed by atoms with Crippen LogP contribution in [0.3, 0.4) is 0 Å². The largest absolute Gasteiger partial charge is 0.496 e. The number of anilines is 1. The summed E-state index contributed by atoms with van der Waals surface area (Å²) in [5.41, 5.74) is 6.70. The predicted octanol–water partition coefficient (Wildman–Crippen LogP) is 4.06. The Labute approximate surface area is 313 Å². The topological polar surface area (TPSA) is 206 Å². The Bertz CT molecular complexity index is 1930. The van der Waals surface area contributed by atoms with Gasteiger partial charge in [-0.3, -0.25) is 24.6 Å². The minimum atomic E-state index is -4.19. The number of carbonyl (C=O) groups is 3. The van der Waals surface area contributed by atoms with E-state index in [-0.39, 0.29) is 58.0 Å². The highest BCUT2D eigenvalue weighted by Gasteiger charge is 2.44. The van der Waals surface area contributed by atoms with E-state index in [1.807, 2.05) is 19.9 Å². The molecule has 4 rings (SSSR count). The summed E-state index contributed by atoms with van der Waals surface area (Å²) < 4.78 is 34.2. The monoisotopic (exact) mass is 772 g/mol. The zero-order valence-electron chi connectivity index (χ0n) is 30.1. The number of hydrogen-bond donors (Lipinski definition) is 3. The third-order valence-electron chi connectivity index (χ3n) is 8.78. The van der Waals surface area contributed by atoms with Crippen LogP contribution in [0.5, 0.6) is 5.75 Å². The van der Waals surface area contributed by atoms with Gasteiger partial charge < -0.3 is 25.8 Å². The van der Waals surface area contributed by atoms with Gasteiger partial charge >= 0.3 is 6.03 Å². The molecular weight excluding hydrogens is 728 g/mol. The van der Waals surface area contributed by atoms with Crippen molar-refractivity contribution in [3.8, 4) is 5.75 Å². The number of methoxy groups -OCH3 is 1. The number of nitrogen functional groups attached to an aromatic ring is 1. The highest BCUT2D eigenvalue weighted by Crippen LogP contribution is 2.29. The quantitative estimate of drug-likeness (QED) is 0.0777. The van der Waals surface area contributed by atoms with Crippen molar-refractivity contribution in [2.75, 3.05) is 32.5 Å². The Morgan fingerprint density at radius 3 is 2.34 bits per heavy atom. The molecule has 0 saturated carbocycles. The highest BCUT2D eigenvalue weighted by molar-refractivity contribution is 7.89. The number of nitrogens with zero attached hydrogens (tertiary/aromatic N) is 4. The van der Waals surface area contributed by atoms with Crippen LogP contribution in [0.1, 0.15) is 38.8 Å². The lowest BCUT2D eigenvalue weighted by Gasteiger charge is -2.34. The fourth-order valence-electron chi connectivity index (χ4n) is 6.17. The maximum absolute atomic E-state index is 14.2. The van der Waals surface area contributed by atoms with Crippen molar-refractivity contribution in [2.24, 2.45) is 11.8 Å². The molecule has 4 N–H and O–H groups in total. The van der Waals surface area contributed by atoms with E-state index in [4.69, 9.17) is 22.1 Å². The van der Waals surface area contributed by atoms with Crippen LogP contribution in [-0.4, -0.2) is 95.3 Å². The first-order valence-corrected chi connectivity index (χ1v) is 18.8. The molecule has 53 heavy (non-hydrogen) atoms. The number of amides is 4. The standard InChI is InChI=1S/C36H45ClN6O9S/c1-22(2)18-40(53(50,51)27-12-13-28(37)29(38)17-27)20-31(44)30(15-24-9-7-6-8-10-24)39-35(46)34(23(3)4)42-21-33(45)41(36(42)47)19-25-16-26(43(48)49)11-14-32(25)52-5/h6-14,16-17,22-23,30-31,34,44H,15,18-21,38H2,1-5H3,(H,39,46)/t30-,31+,34-/m0/s1. The minimum Gasteiger partial charge on any atom is -0.496 e. The molecule has 0 radical (unpaired) electrons. The fraction of sp³-hybridized carbons (Fsp3) is 0.417. The van der Waals surface area contributed by atoms with Crippen LogP contribution < -0.4 is 15.8 Å². The first-order valence-electron chi connectivity index (χ1n) is 16.9. The maximum atomic E-state index is 14.2. The smallest absolute Gasteiger partial charge is 0.328 e. The summed E-state index contributed by atoms with van der Waals surface area (Å²) in [6.07, 6.45) is -1.33. The molecule has 1 saturated heterocycles. The van der Waals surface area contributed by atoms with Crippen LogP contribution in [0, 0.1) is 22.0 Å². The third kappa shape index (κ3) is 9.81. The lowest BCUT2D eigenvalue weighted by molar-refractivity contribution is -0.385. The van der Waals surface area contributed by atoms with Crippen molar-refractivity contribution < 1.29 is 37.6 Å². The molecule has 0 aromatic heterocycles. The SMILES string of the molecule is COc1ccc([N+](=O)[O-])cc1CN1C(=O)CN([C@H](C(=O)N[C@@H](Cc2ccccc2)[C@H](O)CN(CC(C)C)S(=O)(=O)c2ccc(Cl)c(N)c2)C(C)C)C1=O. The molecule has 3 aromatic rings. The normalized spacial score (nSPS) is 15.3. The molecule has 286 valence electrons. The number of halogens is 1. The number of hydrogen-bond acceptors (Lipinski definition) is 10. The van der Waals surface area contributed by atoms with E-state index in [0.29, 0.717) is 0 Å². The lowest BCUT2D eigenvalue weighted by atomic mass is 9.97. The molecule has 1 heterocycles. The maximum Gasteiger partial charge on any atom is 0.328 e. The summed E-state index contributed by atoms with van der Waals surface area (Å²) in [7, 11) is -2.83. The number of non-ortho nitro benzene ring substituents is 1. The van der Waals surface area contributed by atoms with Gasteiger partial charge in [0.05, 0.1) is 46.3 Å². The summed E-state index contributed by atoms with van der Waals surface area (Å²) in [5, 5.41) is 26.2. The van der Waals surface area contributed by atoms with Crippen molar-refractivity contribution in [1.82, 2.24) is 19.4 Å². The summed E-state index contributed by atoms with van der Waals surface area (Å²) in [4.78, 5) is 53.9. The van der Waals surface area contributed by atoms with E-state index >= 15 is 0 Å². The van der Waals surface area contributed by atoms with Gasteiger partial charge in [-0.15, -0.1) is 0 Å². The number of ether oxygens (including phenoxy) is 1. The number of nitrogens with two attached hydrogens (primary N) is 1. The van der Waals surface area contributed by atoms with Crippen LogP contribution in [0.25, 0.3) is 0 Å². The number of nitrogens with one attached hydrogen (secondary N) is 1. The number of urea groups is 1. The molecule has 1 aliphatic rings. The molecule has 0 spiro atoms. The Kier molecular flexibility index (Phi) is 13.4. The average Bonchev–Trinajstić information content (AvgIpc) is 3.36. The van der Waals surface area contributed by atoms with Gasteiger partial charge in [-0.2, -0.15) is 4.31 Å². The number of aliphatic hydroxyl groups excluding tert-OH is 1. The van der Waals surface area contributed by atoms with E-state index in [1.165, 1.54) is 43.5 Å². The number of carbonyl (C=O) groups excluding carboxylic acids is 3. The molecule has 3 atom stereocenters. The molecule has 0 aliphatic carbocycles. The number of aliphatic hydroxyl groups is 1. The first kappa shape index (κ1) is 41.0. The Morgan fingerprint density at radius 2 is 1.75 bits per heavy atom. The number of nitro benzene ring substituents is 1. The fourth-order valence-corrected chi connectivity index (χ4v) is 7.95. The van der Waals surface area contributed by atoms with Crippen LogP contribution in [0.15, 0.2) is 71.6 Å². The Morgan fingerprint density at radius 1 is 1.08 bits per heavy atom. The van der Waals surface area contributed by atoms with E-state index in [2.05, 4.69) is 5.32 Å². The van der Waals surface area contributed by atoms with E-state index in [9.17, 15) is 38.0 Å². The zero-order valence-corrected chi connectivity index (χ0v) is 31.7. The van der Waals surface area contributed by atoms with Crippen LogP contribution in [0.4, 0.5) is 16.2 Å². The first-order chi connectivity index (χ1) is 24.9. The Hall–Kier alpha value is -4.77. The number of benzene rings is 3. The van der Waals surface area contributed by atoms with Crippen molar-refractivity contribution in [2.45, 2.75) is 63.7 Å². The van der Waals surface area contributed by atoms with Crippen LogP contribution in [0.2, 0.25) is 5.02 Å². The van der Waals surface area contributed by atoms with Crippen molar-refractivity contribution in [3.05, 3.63) is 93.0 Å². The van der Waals surface area contributed by atoms with Gasteiger partial charge in [0.2, 0.25) is 15.9 Å². The number of rotatable bonds is 17. The van der Waals surface area contributed by atoms with Gasteiger partial charge in [0.25, 0.3) is 11.6 Å². The van der Waals surface area contributed by atoms with E-state index in [0.717, 1.165) is 19.7 Å². The van der Waals surface area contributed by atoms with Crippen LogP contribution >= 0.6 is 11.6 Å². The number of imide groups is 1. The summed E-state index contributed by atoms with van der Waals surface area (Å²) in [6, 6.07) is 13.8. The van der Waals surface area contributed by atoms with E-state index < -0.39 is 70.0 Å². The van der Waals surface area contributed by atoms with Crippen molar-refractivity contribution in [3.63, 3.8) is 0 Å². The summed E-state index contributed by atoms with van der Waals surface area (Å²) >= 11 is 6.04. The van der Waals surface area contributed by atoms with Crippen LogP contribution in [-0.2, 0) is 32.6 Å². The van der Waals surface area contributed by atoms with Crippen molar-refractivity contribution >= 4 is 50.8 Å². The lowest BCUT2D eigenvalue weighted by Crippen LogP contribution is -2.57. The van der Waals surface area contributed by atoms with E-state index in [1.54, 1.807) is 38.1 Å². The third-order valence-corrected chi connectivity index (χ3v) is 10.9. The molecular formula is C36H45ClN6O9S. The average molecular weight is 773 g/mol. The molecule has 0 bridgehead atoms. The molecule has 15 nitrogen and oxygen atoms in total. The molecule has 0 unspecified atom stereocenters. The van der Waals surface area contributed by atoms with Gasteiger partial charge in [-0.05, 0) is 48.1 Å². The molecule has 3 aromatic carbocycles. The second-order valence-electron chi connectivity index (χ2n) is 13.6. The summed E-state index contributed by atoms with van der Waals surface area (Å²) in [5.74, 6) is -1.71. The molecule has 1 aliphatic heterocycles. The molecule has 4 amide bonds. The van der Waals surface area contributed by atoms with Gasteiger partial charge in [-0.25, -0.2) is 13.2 Å². The van der Waals surface area contributed by atoms with Gasteiger partial charge in [0, 0.05) is 30.8 Å². The molecule has 1 fully saturated rings. The predicted molar refractivity (Wildman–Crippen MR) is 198 cm³/mol. The summed E-state index contributed by atoms with van der Waals surface area (Å²) in [6.45, 7) is 5.92. The van der Waals surface area contributed by atoms with Gasteiger partial charge in [-0.1, -0.05) is 69.6 Å². The highest BCUT2D eigenvalue weighted by atomic mass is 35.5. The number of sulfonamides is 1. The second-order valence-corrected chi connectivity index (χ2v) is 15.9.